The van der Waals surface area contributed by atoms with Gasteiger partial charge in [-0.3, -0.25) is 0 Å². The summed E-state index contributed by atoms with van der Waals surface area (Å²) in [5, 5.41) is 12.7. The molecule has 0 nitrogen and oxygen atoms in total. The molecule has 0 fully saturated rings. The largest absolute Gasteiger partial charge is 0.0622 e. The third-order valence-electron chi connectivity index (χ3n) is 9.21. The van der Waals surface area contributed by atoms with E-state index in [1.807, 2.05) is 0 Å². The standard InChI is InChI=1S/C44H28/c1-2-12-29(13-3-1)32-24-25-40-42(27-32)44(41-28-33-16-6-7-17-35(33)36-18-8-9-19-37(36)41)39-21-11-10-20-38(39)43(40)34-23-22-30-14-4-5-15-31(30)26-34/h1-28H. The van der Waals surface area contributed by atoms with Gasteiger partial charge in [-0.15, -0.1) is 0 Å². The van der Waals surface area contributed by atoms with Gasteiger partial charge in [0.25, 0.3) is 0 Å². The fourth-order valence-corrected chi connectivity index (χ4v) is 7.20. The molecule has 44 heavy (non-hydrogen) atoms. The summed E-state index contributed by atoms with van der Waals surface area (Å²) in [7, 11) is 0. The molecule has 0 amide bonds. The van der Waals surface area contributed by atoms with Gasteiger partial charge < -0.3 is 0 Å². The first kappa shape index (κ1) is 24.8. The predicted octanol–water partition coefficient (Wildman–Crippen LogP) is 12.5. The minimum Gasteiger partial charge on any atom is -0.0622 e. The summed E-state index contributed by atoms with van der Waals surface area (Å²) in [6.45, 7) is 0. The molecule has 9 rings (SSSR count). The van der Waals surface area contributed by atoms with Crippen LogP contribution in [0.25, 0.3) is 87.2 Å². The van der Waals surface area contributed by atoms with Gasteiger partial charge in [-0.05, 0) is 105 Å². The quantitative estimate of drug-likeness (QED) is 0.150. The fourth-order valence-electron chi connectivity index (χ4n) is 7.20. The Morgan fingerprint density at radius 3 is 1.59 bits per heavy atom. The minimum atomic E-state index is 1.23. The molecule has 0 N–H and O–H groups in total. The van der Waals surface area contributed by atoms with Gasteiger partial charge in [0.1, 0.15) is 0 Å². The van der Waals surface area contributed by atoms with Crippen molar-refractivity contribution in [3.63, 3.8) is 0 Å². The Balaban J connectivity index is 1.47. The summed E-state index contributed by atoms with van der Waals surface area (Å²) in [6.07, 6.45) is 0. The zero-order valence-corrected chi connectivity index (χ0v) is 24.2. The lowest BCUT2D eigenvalue weighted by molar-refractivity contribution is 1.64. The predicted molar refractivity (Wildman–Crippen MR) is 190 cm³/mol. The van der Waals surface area contributed by atoms with E-state index in [2.05, 4.69) is 170 Å². The van der Waals surface area contributed by atoms with Crippen LogP contribution in [0.15, 0.2) is 170 Å². The molecule has 0 saturated carbocycles. The number of hydrogen-bond donors (Lipinski definition) is 0. The molecule has 0 atom stereocenters. The molecule has 204 valence electrons. The highest BCUT2D eigenvalue weighted by Gasteiger charge is 2.20. The Kier molecular flexibility index (Phi) is 5.61. The van der Waals surface area contributed by atoms with E-state index in [0.29, 0.717) is 0 Å². The van der Waals surface area contributed by atoms with Crippen LogP contribution in [0.3, 0.4) is 0 Å². The summed E-state index contributed by atoms with van der Waals surface area (Å²) < 4.78 is 0. The third-order valence-corrected chi connectivity index (χ3v) is 9.21. The van der Waals surface area contributed by atoms with Crippen molar-refractivity contribution in [3.8, 4) is 33.4 Å². The molecule has 0 unspecified atom stereocenters. The van der Waals surface area contributed by atoms with Crippen LogP contribution in [-0.4, -0.2) is 0 Å². The van der Waals surface area contributed by atoms with Gasteiger partial charge in [-0.2, -0.15) is 0 Å². The molecule has 0 heteroatoms. The third kappa shape index (κ3) is 3.85. The van der Waals surface area contributed by atoms with Crippen LogP contribution in [-0.2, 0) is 0 Å². The average Bonchev–Trinajstić information content (AvgIpc) is 3.10. The molecular formula is C44H28. The maximum atomic E-state index is 2.42. The van der Waals surface area contributed by atoms with E-state index in [4.69, 9.17) is 0 Å². The fraction of sp³-hybridized carbons (Fsp3) is 0. The molecule has 0 radical (unpaired) electrons. The van der Waals surface area contributed by atoms with Gasteiger partial charge in [-0.1, -0.05) is 152 Å². The molecule has 0 saturated heterocycles. The molecule has 0 aliphatic rings. The number of fused-ring (bicyclic) bond motifs is 6. The highest BCUT2D eigenvalue weighted by atomic mass is 14.2. The van der Waals surface area contributed by atoms with Crippen LogP contribution in [0.4, 0.5) is 0 Å². The Bertz CT molecular complexity index is 2540. The molecule has 9 aromatic carbocycles. The van der Waals surface area contributed by atoms with Crippen LogP contribution >= 0.6 is 0 Å². The van der Waals surface area contributed by atoms with E-state index in [9.17, 15) is 0 Å². The van der Waals surface area contributed by atoms with E-state index in [-0.39, 0.29) is 0 Å². The monoisotopic (exact) mass is 556 g/mol. The normalized spacial score (nSPS) is 11.6. The number of hydrogen-bond acceptors (Lipinski definition) is 0. The van der Waals surface area contributed by atoms with Gasteiger partial charge in [0.05, 0.1) is 0 Å². The topological polar surface area (TPSA) is 0 Å². The zero-order chi connectivity index (χ0) is 29.0. The first-order valence-corrected chi connectivity index (χ1v) is 15.3. The number of rotatable bonds is 3. The van der Waals surface area contributed by atoms with Crippen LogP contribution in [0, 0.1) is 0 Å². The van der Waals surface area contributed by atoms with Crippen LogP contribution < -0.4 is 0 Å². The van der Waals surface area contributed by atoms with E-state index in [1.54, 1.807) is 0 Å². The van der Waals surface area contributed by atoms with E-state index in [0.717, 1.165) is 0 Å². The van der Waals surface area contributed by atoms with Gasteiger partial charge in [0.2, 0.25) is 0 Å². The highest BCUT2D eigenvalue weighted by Crippen LogP contribution is 2.47. The summed E-state index contributed by atoms with van der Waals surface area (Å²) in [5.74, 6) is 0. The molecule has 0 aliphatic heterocycles. The van der Waals surface area contributed by atoms with Gasteiger partial charge in [0.15, 0.2) is 0 Å². The lowest BCUT2D eigenvalue weighted by Crippen LogP contribution is -1.93. The van der Waals surface area contributed by atoms with Gasteiger partial charge in [0, 0.05) is 0 Å². The summed E-state index contributed by atoms with van der Waals surface area (Å²) >= 11 is 0. The smallest absolute Gasteiger partial charge is 0.00197 e. The van der Waals surface area contributed by atoms with Gasteiger partial charge in [-0.25, -0.2) is 0 Å². The van der Waals surface area contributed by atoms with Crippen LogP contribution in [0.2, 0.25) is 0 Å². The first-order chi connectivity index (χ1) is 21.8. The Labute approximate surface area is 256 Å². The van der Waals surface area contributed by atoms with Crippen molar-refractivity contribution in [1.29, 1.82) is 0 Å². The number of benzene rings is 9. The van der Waals surface area contributed by atoms with Crippen LogP contribution in [0.1, 0.15) is 0 Å². The van der Waals surface area contributed by atoms with Crippen molar-refractivity contribution in [3.05, 3.63) is 170 Å². The second-order valence-corrected chi connectivity index (χ2v) is 11.7. The van der Waals surface area contributed by atoms with E-state index >= 15 is 0 Å². The SMILES string of the molecule is c1ccc(-c2ccc3c(-c4ccc5ccccc5c4)c4ccccc4c(-c4cc5ccccc5c5ccccc45)c3c2)cc1. The molecule has 0 bridgehead atoms. The Morgan fingerprint density at radius 1 is 0.227 bits per heavy atom. The minimum absolute atomic E-state index is 1.23. The van der Waals surface area contributed by atoms with Crippen molar-refractivity contribution in [2.75, 3.05) is 0 Å². The van der Waals surface area contributed by atoms with Gasteiger partial charge >= 0.3 is 0 Å². The summed E-state index contributed by atoms with van der Waals surface area (Å²) in [4.78, 5) is 0. The van der Waals surface area contributed by atoms with E-state index in [1.165, 1.54) is 87.2 Å². The average molecular weight is 557 g/mol. The second kappa shape index (κ2) is 9.93. The van der Waals surface area contributed by atoms with Crippen LogP contribution in [0.5, 0.6) is 0 Å². The summed E-state index contributed by atoms with van der Waals surface area (Å²) in [6, 6.07) is 62.4. The van der Waals surface area contributed by atoms with Crippen molar-refractivity contribution in [2.45, 2.75) is 0 Å². The maximum Gasteiger partial charge on any atom is -0.00197 e. The highest BCUT2D eigenvalue weighted by molar-refractivity contribution is 6.26. The van der Waals surface area contributed by atoms with Crippen molar-refractivity contribution >= 4 is 53.9 Å². The Morgan fingerprint density at radius 2 is 0.795 bits per heavy atom. The lowest BCUT2D eigenvalue weighted by atomic mass is 9.82. The van der Waals surface area contributed by atoms with Crippen molar-refractivity contribution in [2.24, 2.45) is 0 Å². The maximum absolute atomic E-state index is 2.42. The van der Waals surface area contributed by atoms with Crippen molar-refractivity contribution < 1.29 is 0 Å². The molecule has 0 aromatic heterocycles. The lowest BCUT2D eigenvalue weighted by Gasteiger charge is -2.20. The molecule has 0 aliphatic carbocycles. The summed E-state index contributed by atoms with van der Waals surface area (Å²) in [5.41, 5.74) is 7.55. The second-order valence-electron chi connectivity index (χ2n) is 11.7. The molecule has 0 heterocycles. The van der Waals surface area contributed by atoms with E-state index < -0.39 is 0 Å². The molecule has 9 aromatic rings. The molecular weight excluding hydrogens is 528 g/mol. The van der Waals surface area contributed by atoms with Crippen molar-refractivity contribution in [1.82, 2.24) is 0 Å². The Hall–Kier alpha value is -5.72. The molecule has 0 spiro atoms. The first-order valence-electron chi connectivity index (χ1n) is 15.3. The zero-order valence-electron chi connectivity index (χ0n) is 24.2.